The number of ketones is 1. The van der Waals surface area contributed by atoms with Gasteiger partial charge in [-0.25, -0.2) is 0 Å². The molecule has 0 aliphatic carbocycles. The number of carbonyl (C=O) groups excluding carboxylic acids is 1. The van der Waals surface area contributed by atoms with Gasteiger partial charge in [0.1, 0.15) is 6.10 Å². The minimum atomic E-state index is -0.230. The molecule has 1 fully saturated rings. The lowest BCUT2D eigenvalue weighted by molar-refractivity contribution is 0.0579. The Morgan fingerprint density at radius 3 is 2.94 bits per heavy atom. The fraction of sp³-hybridized carbons (Fsp3) is 0.533. The molecule has 92 valence electrons. The number of hydrogen-bond acceptors (Lipinski definition) is 2. The summed E-state index contributed by atoms with van der Waals surface area (Å²) < 4.78 is 5.53. The van der Waals surface area contributed by atoms with E-state index in [-0.39, 0.29) is 11.9 Å². The molecule has 0 saturated carbocycles. The summed E-state index contributed by atoms with van der Waals surface area (Å²) in [6, 6.07) is 7.97. The average Bonchev–Trinajstić information content (AvgIpc) is 2.75. The lowest BCUT2D eigenvalue weighted by atomic mass is 9.95. The number of ether oxygens (including phenoxy) is 1. The quantitative estimate of drug-likeness (QED) is 0.745. The van der Waals surface area contributed by atoms with Crippen LogP contribution < -0.4 is 0 Å². The summed E-state index contributed by atoms with van der Waals surface area (Å²) >= 11 is 0. The molecule has 1 aromatic carbocycles. The van der Waals surface area contributed by atoms with E-state index in [1.807, 2.05) is 18.2 Å². The van der Waals surface area contributed by atoms with Crippen LogP contribution >= 0.6 is 0 Å². The van der Waals surface area contributed by atoms with Gasteiger partial charge in [-0.15, -0.1) is 0 Å². The van der Waals surface area contributed by atoms with Gasteiger partial charge in [-0.3, -0.25) is 4.79 Å². The molecule has 0 spiro atoms. The predicted molar refractivity (Wildman–Crippen MR) is 68.3 cm³/mol. The molecule has 0 bridgehead atoms. The van der Waals surface area contributed by atoms with E-state index >= 15 is 0 Å². The summed E-state index contributed by atoms with van der Waals surface area (Å²) in [5.41, 5.74) is 2.04. The van der Waals surface area contributed by atoms with Crippen molar-refractivity contribution in [1.29, 1.82) is 0 Å². The van der Waals surface area contributed by atoms with Crippen LogP contribution in [0.1, 0.15) is 42.6 Å². The maximum absolute atomic E-state index is 12.3. The van der Waals surface area contributed by atoms with Gasteiger partial charge in [0.05, 0.1) is 0 Å². The third kappa shape index (κ3) is 2.75. The number of Topliss-reactive ketones (excluding diaryl/α,β-unsaturated/α-hetero) is 1. The van der Waals surface area contributed by atoms with E-state index in [1.165, 1.54) is 5.56 Å². The molecule has 2 unspecified atom stereocenters. The Morgan fingerprint density at radius 2 is 2.29 bits per heavy atom. The van der Waals surface area contributed by atoms with Crippen molar-refractivity contribution in [2.75, 3.05) is 6.61 Å². The molecule has 2 heteroatoms. The zero-order chi connectivity index (χ0) is 12.3. The molecule has 2 rings (SSSR count). The highest BCUT2D eigenvalue weighted by molar-refractivity contribution is 5.99. The van der Waals surface area contributed by atoms with Crippen LogP contribution in [0.3, 0.4) is 0 Å². The molecule has 17 heavy (non-hydrogen) atoms. The molecule has 1 aliphatic heterocycles. The molecular formula is C15H20O2. The first-order valence-corrected chi connectivity index (χ1v) is 6.47. The Bertz CT molecular complexity index is 398. The molecule has 2 nitrogen and oxygen atoms in total. The van der Waals surface area contributed by atoms with Gasteiger partial charge in [0.25, 0.3) is 0 Å². The van der Waals surface area contributed by atoms with Crippen molar-refractivity contribution < 1.29 is 9.53 Å². The van der Waals surface area contributed by atoms with Crippen LogP contribution in [-0.4, -0.2) is 18.5 Å². The van der Waals surface area contributed by atoms with Crippen LogP contribution in [0.2, 0.25) is 0 Å². The van der Waals surface area contributed by atoms with Gasteiger partial charge in [0.15, 0.2) is 5.78 Å². The average molecular weight is 232 g/mol. The predicted octanol–water partition coefficient (Wildman–Crippen LogP) is 3.25. The van der Waals surface area contributed by atoms with E-state index in [9.17, 15) is 4.79 Å². The summed E-state index contributed by atoms with van der Waals surface area (Å²) in [6.07, 6.45) is 2.90. The molecule has 1 aromatic rings. The third-order valence-corrected chi connectivity index (χ3v) is 3.40. The third-order valence-electron chi connectivity index (χ3n) is 3.40. The lowest BCUT2D eigenvalue weighted by Crippen LogP contribution is -2.25. The molecule has 0 amide bonds. The van der Waals surface area contributed by atoms with Crippen molar-refractivity contribution in [3.05, 3.63) is 35.4 Å². The lowest BCUT2D eigenvalue weighted by Gasteiger charge is -2.13. The highest BCUT2D eigenvalue weighted by Crippen LogP contribution is 2.24. The summed E-state index contributed by atoms with van der Waals surface area (Å²) in [6.45, 7) is 4.95. The van der Waals surface area contributed by atoms with E-state index in [2.05, 4.69) is 19.9 Å². The van der Waals surface area contributed by atoms with Crippen molar-refractivity contribution in [2.45, 2.75) is 39.2 Å². The van der Waals surface area contributed by atoms with E-state index < -0.39 is 0 Å². The Labute approximate surface area is 103 Å². The fourth-order valence-corrected chi connectivity index (χ4v) is 2.36. The van der Waals surface area contributed by atoms with Crippen LogP contribution in [0, 0.1) is 5.92 Å². The number of aryl methyl sites for hydroxylation is 1. The van der Waals surface area contributed by atoms with Gasteiger partial charge in [0, 0.05) is 12.2 Å². The van der Waals surface area contributed by atoms with Gasteiger partial charge < -0.3 is 4.74 Å². The first-order valence-electron chi connectivity index (χ1n) is 6.47. The van der Waals surface area contributed by atoms with Crippen molar-refractivity contribution in [3.63, 3.8) is 0 Å². The maximum atomic E-state index is 12.3. The Morgan fingerprint density at radius 1 is 1.47 bits per heavy atom. The zero-order valence-corrected chi connectivity index (χ0v) is 10.6. The number of rotatable bonds is 4. The van der Waals surface area contributed by atoms with Crippen molar-refractivity contribution in [3.8, 4) is 0 Å². The molecule has 1 aliphatic rings. The fourth-order valence-electron chi connectivity index (χ4n) is 2.36. The highest BCUT2D eigenvalue weighted by Gasteiger charge is 2.31. The van der Waals surface area contributed by atoms with E-state index in [0.29, 0.717) is 12.5 Å². The number of hydrogen-bond donors (Lipinski definition) is 0. The minimum absolute atomic E-state index is 0.146. The summed E-state index contributed by atoms with van der Waals surface area (Å²) in [7, 11) is 0. The monoisotopic (exact) mass is 232 g/mol. The van der Waals surface area contributed by atoms with Crippen molar-refractivity contribution >= 4 is 5.78 Å². The van der Waals surface area contributed by atoms with Gasteiger partial charge in [-0.1, -0.05) is 38.5 Å². The molecule has 0 N–H and O–H groups in total. The summed E-state index contributed by atoms with van der Waals surface area (Å²) in [5.74, 6) is 0.491. The normalized spacial score (nSPS) is 23.9. The van der Waals surface area contributed by atoms with Crippen LogP contribution in [0.25, 0.3) is 0 Å². The maximum Gasteiger partial charge on any atom is 0.191 e. The van der Waals surface area contributed by atoms with Gasteiger partial charge in [-0.05, 0) is 30.4 Å². The molecule has 0 radical (unpaired) electrons. The minimum Gasteiger partial charge on any atom is -0.370 e. The molecular weight excluding hydrogens is 212 g/mol. The first kappa shape index (κ1) is 12.3. The van der Waals surface area contributed by atoms with Gasteiger partial charge >= 0.3 is 0 Å². The van der Waals surface area contributed by atoms with E-state index in [0.717, 1.165) is 24.8 Å². The summed E-state index contributed by atoms with van der Waals surface area (Å²) in [4.78, 5) is 12.3. The molecule has 2 atom stereocenters. The molecule has 1 saturated heterocycles. The topological polar surface area (TPSA) is 26.3 Å². The van der Waals surface area contributed by atoms with Gasteiger partial charge in [0.2, 0.25) is 0 Å². The largest absolute Gasteiger partial charge is 0.370 e. The van der Waals surface area contributed by atoms with Crippen LogP contribution in [0.5, 0.6) is 0 Å². The second-order valence-corrected chi connectivity index (χ2v) is 4.87. The van der Waals surface area contributed by atoms with Crippen molar-refractivity contribution in [2.24, 2.45) is 5.92 Å². The highest BCUT2D eigenvalue weighted by atomic mass is 16.5. The summed E-state index contributed by atoms with van der Waals surface area (Å²) in [5, 5.41) is 0. The second kappa shape index (κ2) is 5.46. The Hall–Kier alpha value is -1.15. The number of carbonyl (C=O) groups is 1. The van der Waals surface area contributed by atoms with Crippen LogP contribution in [-0.2, 0) is 11.2 Å². The first-order chi connectivity index (χ1) is 8.22. The van der Waals surface area contributed by atoms with E-state index in [4.69, 9.17) is 4.74 Å². The molecule has 0 aromatic heterocycles. The number of benzene rings is 1. The van der Waals surface area contributed by atoms with E-state index in [1.54, 1.807) is 0 Å². The second-order valence-electron chi connectivity index (χ2n) is 4.87. The van der Waals surface area contributed by atoms with Crippen LogP contribution in [0.4, 0.5) is 0 Å². The smallest absolute Gasteiger partial charge is 0.191 e. The Balaban J connectivity index is 2.15. The SMILES string of the molecule is CCCc1cccc(C(=O)C2OCCC2C)c1. The molecule has 1 heterocycles. The standard InChI is InChI=1S/C15H20O2/c1-3-5-12-6-4-7-13(10-12)14(16)15-11(2)8-9-17-15/h4,6-7,10-11,15H,3,5,8-9H2,1-2H3. The van der Waals surface area contributed by atoms with Crippen LogP contribution in [0.15, 0.2) is 24.3 Å². The van der Waals surface area contributed by atoms with Crippen molar-refractivity contribution in [1.82, 2.24) is 0 Å². The van der Waals surface area contributed by atoms with Gasteiger partial charge in [-0.2, -0.15) is 0 Å². The zero-order valence-electron chi connectivity index (χ0n) is 10.6. The Kier molecular flexibility index (Phi) is 3.95.